The normalized spacial score (nSPS) is 30.0. The number of hydrogen-bond donors (Lipinski definition) is 1. The van der Waals surface area contributed by atoms with Crippen molar-refractivity contribution in [2.75, 3.05) is 0 Å². The van der Waals surface area contributed by atoms with Crippen LogP contribution in [0.5, 0.6) is 0 Å². The molecule has 0 bridgehead atoms. The molecule has 1 amide bonds. The predicted octanol–water partition coefficient (Wildman–Crippen LogP) is 3.68. The molecule has 3 nitrogen and oxygen atoms in total. The van der Waals surface area contributed by atoms with Crippen molar-refractivity contribution in [2.45, 2.75) is 69.6 Å². The number of carbonyl (C=O) groups excluding carboxylic acids is 1. The van der Waals surface area contributed by atoms with Gasteiger partial charge in [0.05, 0.1) is 0 Å². The topological polar surface area (TPSA) is 32.3 Å². The Labute approximate surface area is 130 Å². The van der Waals surface area contributed by atoms with Crippen LogP contribution in [0.25, 0.3) is 0 Å². The molecule has 2 heterocycles. The maximum Gasteiger partial charge on any atom is 0.244 e. The molecule has 21 heavy (non-hydrogen) atoms. The molecule has 2 saturated carbocycles. The fourth-order valence-electron chi connectivity index (χ4n) is 4.18. The highest BCUT2D eigenvalue weighted by molar-refractivity contribution is 7.08. The van der Waals surface area contributed by atoms with Crippen LogP contribution in [0.3, 0.4) is 0 Å². The number of nitrogens with zero attached hydrogens (tertiary/aromatic N) is 1. The van der Waals surface area contributed by atoms with Crippen LogP contribution in [0.15, 0.2) is 16.8 Å². The van der Waals surface area contributed by atoms with Gasteiger partial charge in [0, 0.05) is 6.04 Å². The average Bonchev–Trinajstić information content (AvgIpc) is 2.98. The van der Waals surface area contributed by atoms with E-state index in [0.717, 1.165) is 12.8 Å². The van der Waals surface area contributed by atoms with E-state index in [9.17, 15) is 4.79 Å². The Morgan fingerprint density at radius 3 is 2.71 bits per heavy atom. The Bertz CT molecular complexity index is 517. The summed E-state index contributed by atoms with van der Waals surface area (Å²) in [6.45, 7) is 2.27. The summed E-state index contributed by atoms with van der Waals surface area (Å²) in [5.41, 5.74) is 1.05. The number of nitrogens with one attached hydrogen (secondary N) is 1. The first kappa shape index (κ1) is 13.8. The lowest BCUT2D eigenvalue weighted by molar-refractivity contribution is -0.134. The number of thiophene rings is 1. The molecule has 4 rings (SSSR count). The van der Waals surface area contributed by atoms with Crippen molar-refractivity contribution in [3.05, 3.63) is 22.4 Å². The Kier molecular flexibility index (Phi) is 3.34. The van der Waals surface area contributed by atoms with Crippen molar-refractivity contribution in [1.29, 1.82) is 0 Å². The quantitative estimate of drug-likeness (QED) is 0.924. The molecule has 1 aromatic heterocycles. The molecule has 0 radical (unpaired) electrons. The third-order valence-corrected chi connectivity index (χ3v) is 6.42. The van der Waals surface area contributed by atoms with Gasteiger partial charge in [-0.1, -0.05) is 19.3 Å². The van der Waals surface area contributed by atoms with Gasteiger partial charge in [0.15, 0.2) is 0 Å². The van der Waals surface area contributed by atoms with Crippen molar-refractivity contribution in [3.63, 3.8) is 0 Å². The van der Waals surface area contributed by atoms with Crippen LogP contribution in [0.2, 0.25) is 0 Å². The summed E-state index contributed by atoms with van der Waals surface area (Å²) < 4.78 is 0. The zero-order valence-corrected chi connectivity index (χ0v) is 13.5. The second-order valence-electron chi connectivity index (χ2n) is 7.04. The highest BCUT2D eigenvalue weighted by Crippen LogP contribution is 2.48. The summed E-state index contributed by atoms with van der Waals surface area (Å²) in [6, 6.07) is 2.52. The van der Waals surface area contributed by atoms with Gasteiger partial charge < -0.3 is 4.90 Å². The Morgan fingerprint density at radius 1 is 1.33 bits per heavy atom. The van der Waals surface area contributed by atoms with Crippen LogP contribution < -0.4 is 5.32 Å². The zero-order valence-electron chi connectivity index (χ0n) is 12.7. The van der Waals surface area contributed by atoms with Gasteiger partial charge in [0.25, 0.3) is 0 Å². The lowest BCUT2D eigenvalue weighted by atomic mass is 9.83. The smallest absolute Gasteiger partial charge is 0.244 e. The van der Waals surface area contributed by atoms with E-state index in [2.05, 4.69) is 34.0 Å². The summed E-state index contributed by atoms with van der Waals surface area (Å²) in [5.74, 6) is 1.04. The molecule has 0 aromatic carbocycles. The Balaban J connectivity index is 1.61. The molecule has 1 aliphatic heterocycles. The Morgan fingerprint density at radius 2 is 2.10 bits per heavy atom. The largest absolute Gasteiger partial charge is 0.318 e. The number of rotatable bonds is 3. The molecule has 2 unspecified atom stereocenters. The van der Waals surface area contributed by atoms with Gasteiger partial charge in [-0.3, -0.25) is 10.1 Å². The van der Waals surface area contributed by atoms with E-state index in [1.807, 2.05) is 0 Å². The molecule has 2 aliphatic carbocycles. The van der Waals surface area contributed by atoms with Gasteiger partial charge in [-0.05, 0) is 60.9 Å². The van der Waals surface area contributed by atoms with E-state index >= 15 is 0 Å². The average molecular weight is 304 g/mol. The predicted molar refractivity (Wildman–Crippen MR) is 85.0 cm³/mol. The minimum absolute atomic E-state index is 0.100. The van der Waals surface area contributed by atoms with Crippen LogP contribution >= 0.6 is 11.3 Å². The molecule has 1 aromatic rings. The number of carbonyl (C=O) groups is 1. The molecular weight excluding hydrogens is 280 g/mol. The van der Waals surface area contributed by atoms with Gasteiger partial charge in [-0.2, -0.15) is 11.3 Å². The second-order valence-corrected chi connectivity index (χ2v) is 7.82. The molecule has 1 saturated heterocycles. The summed E-state index contributed by atoms with van der Waals surface area (Å²) in [5, 5.41) is 7.95. The maximum absolute atomic E-state index is 12.9. The van der Waals surface area contributed by atoms with E-state index in [-0.39, 0.29) is 11.7 Å². The maximum atomic E-state index is 12.9. The first-order valence-corrected chi connectivity index (χ1v) is 9.28. The Hall–Kier alpha value is -0.870. The molecule has 2 atom stereocenters. The van der Waals surface area contributed by atoms with Gasteiger partial charge in [0.2, 0.25) is 5.91 Å². The molecule has 114 valence electrons. The standard InChI is InChI=1S/C17H24N2OS/c1-12(13-5-3-2-4-6-13)19-15(14-7-10-21-11-14)18-17(8-9-17)16(19)20/h7,10-13,15,18H,2-6,8-9H2,1H3. The second kappa shape index (κ2) is 5.10. The van der Waals surface area contributed by atoms with Crippen LogP contribution in [-0.2, 0) is 4.79 Å². The third-order valence-electron chi connectivity index (χ3n) is 5.71. The van der Waals surface area contributed by atoms with Crippen LogP contribution in [0.4, 0.5) is 0 Å². The summed E-state index contributed by atoms with van der Waals surface area (Å²) in [7, 11) is 0. The lowest BCUT2D eigenvalue weighted by Gasteiger charge is -2.37. The van der Waals surface area contributed by atoms with E-state index in [0.29, 0.717) is 17.9 Å². The zero-order chi connectivity index (χ0) is 14.4. The van der Waals surface area contributed by atoms with Gasteiger partial charge in [-0.25, -0.2) is 0 Å². The summed E-state index contributed by atoms with van der Waals surface area (Å²) >= 11 is 1.72. The van der Waals surface area contributed by atoms with Crippen LogP contribution in [-0.4, -0.2) is 22.4 Å². The highest BCUT2D eigenvalue weighted by atomic mass is 32.1. The van der Waals surface area contributed by atoms with Crippen LogP contribution in [0, 0.1) is 5.92 Å². The summed E-state index contributed by atoms with van der Waals surface area (Å²) in [4.78, 5) is 15.1. The van der Waals surface area contributed by atoms with E-state index in [1.54, 1.807) is 11.3 Å². The molecule has 3 fully saturated rings. The lowest BCUT2D eigenvalue weighted by Crippen LogP contribution is -2.43. The van der Waals surface area contributed by atoms with E-state index in [1.165, 1.54) is 37.7 Å². The molecule has 3 aliphatic rings. The van der Waals surface area contributed by atoms with E-state index in [4.69, 9.17) is 0 Å². The molecular formula is C17H24N2OS. The van der Waals surface area contributed by atoms with Gasteiger partial charge >= 0.3 is 0 Å². The monoisotopic (exact) mass is 304 g/mol. The first-order chi connectivity index (χ1) is 10.2. The fraction of sp³-hybridized carbons (Fsp3) is 0.706. The number of hydrogen-bond acceptors (Lipinski definition) is 3. The van der Waals surface area contributed by atoms with E-state index < -0.39 is 0 Å². The third kappa shape index (κ3) is 2.23. The van der Waals surface area contributed by atoms with Crippen molar-refractivity contribution >= 4 is 17.2 Å². The van der Waals surface area contributed by atoms with Crippen molar-refractivity contribution in [1.82, 2.24) is 10.2 Å². The summed E-state index contributed by atoms with van der Waals surface area (Å²) in [6.07, 6.45) is 8.73. The number of amides is 1. The van der Waals surface area contributed by atoms with Gasteiger partial charge in [0.1, 0.15) is 11.7 Å². The fourth-order valence-corrected chi connectivity index (χ4v) is 4.86. The van der Waals surface area contributed by atoms with Crippen molar-refractivity contribution in [2.24, 2.45) is 5.92 Å². The van der Waals surface area contributed by atoms with Crippen molar-refractivity contribution in [3.8, 4) is 0 Å². The SMILES string of the molecule is CC(C1CCCCC1)N1C(=O)C2(CC2)NC1c1ccsc1. The van der Waals surface area contributed by atoms with Crippen LogP contribution in [0.1, 0.15) is 63.6 Å². The highest BCUT2D eigenvalue weighted by Gasteiger charge is 2.60. The molecule has 1 spiro atoms. The van der Waals surface area contributed by atoms with Crippen molar-refractivity contribution < 1.29 is 4.79 Å². The molecule has 4 heteroatoms. The minimum Gasteiger partial charge on any atom is -0.318 e. The van der Waals surface area contributed by atoms with Gasteiger partial charge in [-0.15, -0.1) is 0 Å². The first-order valence-electron chi connectivity index (χ1n) is 8.34. The minimum atomic E-state index is -0.213. The molecule has 1 N–H and O–H groups in total.